The fraction of sp³-hybridized carbons (Fsp3) is 0.538. The first-order valence-electron chi connectivity index (χ1n) is 6.21. The molecule has 0 amide bonds. The zero-order valence-corrected chi connectivity index (χ0v) is 11.0. The molecule has 0 spiro atoms. The number of pyridine rings is 1. The minimum atomic E-state index is -4.85. The fourth-order valence-corrected chi connectivity index (χ4v) is 2.05. The Balaban J connectivity index is 2.60. The van der Waals surface area contributed by atoms with Crippen molar-refractivity contribution in [1.82, 2.24) is 4.98 Å². The molecule has 0 unspecified atom stereocenters. The summed E-state index contributed by atoms with van der Waals surface area (Å²) in [5.41, 5.74) is -3.22. The maximum atomic E-state index is 13.0. The van der Waals surface area contributed by atoms with Crippen molar-refractivity contribution in [2.24, 2.45) is 5.92 Å². The van der Waals surface area contributed by atoms with Gasteiger partial charge in [0.25, 0.3) is 6.43 Å². The molecule has 1 heterocycles. The van der Waals surface area contributed by atoms with E-state index in [1.807, 2.05) is 0 Å². The lowest BCUT2D eigenvalue weighted by Crippen LogP contribution is -2.18. The zero-order chi connectivity index (χ0) is 15.8. The normalized spacial score (nSPS) is 15.4. The Bertz CT molecular complexity index is 552. The number of rotatable bonds is 4. The molecule has 1 fully saturated rings. The summed E-state index contributed by atoms with van der Waals surface area (Å²) in [5, 5.41) is 0. The Morgan fingerprint density at radius 1 is 1.43 bits per heavy atom. The molecule has 1 aromatic rings. The Labute approximate surface area is 117 Å². The largest absolute Gasteiger partial charge is 0.465 e. The van der Waals surface area contributed by atoms with Crippen molar-refractivity contribution in [3.63, 3.8) is 0 Å². The minimum Gasteiger partial charge on any atom is -0.465 e. The summed E-state index contributed by atoms with van der Waals surface area (Å²) in [5.74, 6) is -0.982. The van der Waals surface area contributed by atoms with E-state index < -0.39 is 35.5 Å². The van der Waals surface area contributed by atoms with E-state index in [2.05, 4.69) is 9.72 Å². The molecule has 21 heavy (non-hydrogen) atoms. The van der Waals surface area contributed by atoms with Crippen molar-refractivity contribution in [3.05, 3.63) is 28.6 Å². The second-order valence-electron chi connectivity index (χ2n) is 4.86. The smallest absolute Gasteiger partial charge is 0.433 e. The number of halogens is 5. The number of hydrogen-bond acceptors (Lipinski definition) is 3. The Morgan fingerprint density at radius 3 is 2.48 bits per heavy atom. The van der Waals surface area contributed by atoms with E-state index in [-0.39, 0.29) is 17.9 Å². The molecule has 1 saturated carbocycles. The maximum Gasteiger partial charge on any atom is 0.433 e. The minimum absolute atomic E-state index is 0.0815. The Morgan fingerprint density at radius 2 is 2.05 bits per heavy atom. The van der Waals surface area contributed by atoms with Crippen LogP contribution in [0.15, 0.2) is 6.07 Å². The van der Waals surface area contributed by atoms with Crippen LogP contribution in [-0.4, -0.2) is 18.1 Å². The quantitative estimate of drug-likeness (QED) is 0.627. The Hall–Kier alpha value is -1.73. The topological polar surface area (TPSA) is 39.2 Å². The molecule has 0 bridgehead atoms. The van der Waals surface area contributed by atoms with Gasteiger partial charge in [-0.05, 0) is 36.8 Å². The van der Waals surface area contributed by atoms with E-state index in [0.717, 1.165) is 20.0 Å². The van der Waals surface area contributed by atoms with Gasteiger partial charge in [0.2, 0.25) is 0 Å². The number of carbonyl (C=O) groups excluding carboxylic acids is 1. The van der Waals surface area contributed by atoms with Gasteiger partial charge >= 0.3 is 12.1 Å². The molecule has 1 aliphatic carbocycles. The number of aromatic nitrogens is 1. The van der Waals surface area contributed by atoms with Crippen molar-refractivity contribution in [3.8, 4) is 0 Å². The van der Waals surface area contributed by atoms with Crippen LogP contribution in [-0.2, 0) is 17.3 Å². The van der Waals surface area contributed by atoms with Crippen LogP contribution >= 0.6 is 0 Å². The van der Waals surface area contributed by atoms with Crippen LogP contribution in [0.5, 0.6) is 0 Å². The van der Waals surface area contributed by atoms with Crippen LogP contribution in [0.2, 0.25) is 0 Å². The highest BCUT2D eigenvalue weighted by atomic mass is 19.4. The summed E-state index contributed by atoms with van der Waals surface area (Å²) in [7, 11) is 0.982. The molecule has 1 aromatic heterocycles. The molecule has 116 valence electrons. The first-order chi connectivity index (χ1) is 9.74. The van der Waals surface area contributed by atoms with Gasteiger partial charge < -0.3 is 4.74 Å². The highest BCUT2D eigenvalue weighted by Gasteiger charge is 2.37. The third kappa shape index (κ3) is 3.48. The van der Waals surface area contributed by atoms with Gasteiger partial charge in [0.05, 0.1) is 12.7 Å². The van der Waals surface area contributed by atoms with Gasteiger partial charge in [-0.1, -0.05) is 0 Å². The number of ether oxygens (including phenoxy) is 1. The van der Waals surface area contributed by atoms with Crippen LogP contribution < -0.4 is 0 Å². The summed E-state index contributed by atoms with van der Waals surface area (Å²) in [6.45, 7) is 0. The molecule has 0 atom stereocenters. The van der Waals surface area contributed by atoms with E-state index in [9.17, 15) is 26.7 Å². The lowest BCUT2D eigenvalue weighted by molar-refractivity contribution is -0.141. The van der Waals surface area contributed by atoms with Crippen molar-refractivity contribution in [1.29, 1.82) is 0 Å². The number of hydrogen-bond donors (Lipinski definition) is 0. The standard InChI is InChI=1S/C13H12F5NO2/c1-21-12(20)9-7(4-6-2-3-6)5-8(13(16,17)18)19-10(9)11(14)15/h5-6,11H,2-4H2,1H3. The molecule has 0 aromatic carbocycles. The third-order valence-corrected chi connectivity index (χ3v) is 3.22. The molecule has 1 aliphatic rings. The van der Waals surface area contributed by atoms with Crippen LogP contribution in [0.25, 0.3) is 0 Å². The molecule has 3 nitrogen and oxygen atoms in total. The van der Waals surface area contributed by atoms with Gasteiger partial charge in [-0.15, -0.1) is 0 Å². The van der Waals surface area contributed by atoms with Gasteiger partial charge in [-0.2, -0.15) is 13.2 Å². The van der Waals surface area contributed by atoms with Crippen LogP contribution in [0.3, 0.4) is 0 Å². The lowest BCUT2D eigenvalue weighted by Gasteiger charge is -2.15. The number of carbonyl (C=O) groups is 1. The monoisotopic (exact) mass is 309 g/mol. The molecular formula is C13H12F5NO2. The summed E-state index contributed by atoms with van der Waals surface area (Å²) in [6.07, 6.45) is -6.41. The summed E-state index contributed by atoms with van der Waals surface area (Å²) in [6, 6.07) is 0.663. The molecule has 2 rings (SSSR count). The first-order valence-corrected chi connectivity index (χ1v) is 6.21. The molecule has 0 radical (unpaired) electrons. The number of esters is 1. The third-order valence-electron chi connectivity index (χ3n) is 3.22. The predicted octanol–water partition coefficient (Wildman–Crippen LogP) is 3.78. The van der Waals surface area contributed by atoms with E-state index in [1.165, 1.54) is 0 Å². The van der Waals surface area contributed by atoms with Crippen LogP contribution in [0.4, 0.5) is 22.0 Å². The van der Waals surface area contributed by atoms with Gasteiger partial charge in [0, 0.05) is 0 Å². The zero-order valence-electron chi connectivity index (χ0n) is 11.0. The SMILES string of the molecule is COC(=O)c1c(CC2CC2)cc(C(F)(F)F)nc1C(F)F. The van der Waals surface area contributed by atoms with Crippen LogP contribution in [0, 0.1) is 5.92 Å². The van der Waals surface area contributed by atoms with Crippen molar-refractivity contribution in [2.75, 3.05) is 7.11 Å². The van der Waals surface area contributed by atoms with E-state index >= 15 is 0 Å². The molecule has 0 saturated heterocycles. The van der Waals surface area contributed by atoms with Gasteiger partial charge in [-0.3, -0.25) is 0 Å². The molecular weight excluding hydrogens is 297 g/mol. The first kappa shape index (κ1) is 15.7. The van der Waals surface area contributed by atoms with E-state index in [4.69, 9.17) is 0 Å². The summed E-state index contributed by atoms with van der Waals surface area (Å²) >= 11 is 0. The van der Waals surface area contributed by atoms with Crippen molar-refractivity contribution < 1.29 is 31.5 Å². The maximum absolute atomic E-state index is 13.0. The van der Waals surface area contributed by atoms with E-state index in [1.54, 1.807) is 0 Å². The molecule has 0 aliphatic heterocycles. The fourth-order valence-electron chi connectivity index (χ4n) is 2.05. The van der Waals surface area contributed by atoms with Crippen molar-refractivity contribution >= 4 is 5.97 Å². The molecule has 8 heteroatoms. The average molecular weight is 309 g/mol. The number of methoxy groups -OCH3 is 1. The summed E-state index contributed by atoms with van der Waals surface area (Å²) < 4.78 is 68.6. The van der Waals surface area contributed by atoms with Gasteiger partial charge in [0.1, 0.15) is 11.4 Å². The Kier molecular flexibility index (Phi) is 4.15. The van der Waals surface area contributed by atoms with Crippen LogP contribution in [0.1, 0.15) is 46.6 Å². The number of alkyl halides is 5. The summed E-state index contributed by atoms with van der Waals surface area (Å²) in [4.78, 5) is 14.6. The number of nitrogens with zero attached hydrogens (tertiary/aromatic N) is 1. The second-order valence-corrected chi connectivity index (χ2v) is 4.86. The van der Waals surface area contributed by atoms with Gasteiger partial charge in [0.15, 0.2) is 0 Å². The van der Waals surface area contributed by atoms with Crippen molar-refractivity contribution in [2.45, 2.75) is 31.9 Å². The predicted molar refractivity (Wildman–Crippen MR) is 62.0 cm³/mol. The molecule has 0 N–H and O–H groups in total. The highest BCUT2D eigenvalue weighted by Crippen LogP contribution is 2.38. The highest BCUT2D eigenvalue weighted by molar-refractivity contribution is 5.92. The average Bonchev–Trinajstić information content (AvgIpc) is 3.19. The second kappa shape index (κ2) is 5.57. The van der Waals surface area contributed by atoms with Gasteiger partial charge in [-0.25, -0.2) is 18.6 Å². The van der Waals surface area contributed by atoms with E-state index in [0.29, 0.717) is 6.07 Å². The lowest BCUT2D eigenvalue weighted by atomic mass is 9.99.